The zero-order valence-corrected chi connectivity index (χ0v) is 15.4. The highest BCUT2D eigenvalue weighted by Crippen LogP contribution is 2.44. The molecule has 1 atom stereocenters. The molecule has 4 rings (SSSR count). The Bertz CT molecular complexity index is 1020. The van der Waals surface area contributed by atoms with Crippen molar-refractivity contribution >= 4 is 23.5 Å². The summed E-state index contributed by atoms with van der Waals surface area (Å²) in [4.78, 5) is 20.6. The molecule has 28 heavy (non-hydrogen) atoms. The van der Waals surface area contributed by atoms with Gasteiger partial charge in [0.2, 0.25) is 5.91 Å². The van der Waals surface area contributed by atoms with E-state index in [2.05, 4.69) is 20.4 Å². The molecule has 0 bridgehead atoms. The van der Waals surface area contributed by atoms with Gasteiger partial charge < -0.3 is 5.32 Å². The summed E-state index contributed by atoms with van der Waals surface area (Å²) in [5.41, 5.74) is 1.31. The molecule has 0 fully saturated rings. The first-order valence-corrected chi connectivity index (χ1v) is 9.35. The molecule has 1 aromatic carbocycles. The van der Waals surface area contributed by atoms with Crippen LogP contribution in [0.4, 0.5) is 19.0 Å². The molecule has 3 heterocycles. The number of aryl methyl sites for hydroxylation is 1. The average Bonchev–Trinajstić information content (AvgIpc) is 2.88. The first kappa shape index (κ1) is 18.5. The summed E-state index contributed by atoms with van der Waals surface area (Å²) in [6.07, 6.45) is -1.28. The van der Waals surface area contributed by atoms with Crippen molar-refractivity contribution in [2.45, 2.75) is 18.3 Å². The van der Waals surface area contributed by atoms with E-state index in [-0.39, 0.29) is 16.9 Å². The molecule has 10 heteroatoms. The number of anilines is 1. The summed E-state index contributed by atoms with van der Waals surface area (Å²) in [7, 11) is 0. The Hall–Kier alpha value is -2.88. The van der Waals surface area contributed by atoms with Gasteiger partial charge in [-0.15, -0.1) is 11.8 Å². The molecule has 0 radical (unpaired) electrons. The number of nitrogens with one attached hydrogen (secondary N) is 1. The summed E-state index contributed by atoms with van der Waals surface area (Å²) >= 11 is 1.34. The van der Waals surface area contributed by atoms with Crippen LogP contribution in [0, 0.1) is 6.92 Å². The smallest absolute Gasteiger partial charge is 0.309 e. The molecular weight excluding hydrogens is 391 g/mol. The van der Waals surface area contributed by atoms with Gasteiger partial charge in [-0.3, -0.25) is 4.79 Å². The number of fused-ring (bicyclic) bond motifs is 1. The number of rotatable bonds is 2. The predicted octanol–water partition coefficient (Wildman–Crippen LogP) is 3.76. The lowest BCUT2D eigenvalue weighted by Crippen LogP contribution is -2.16. The third kappa shape index (κ3) is 3.35. The minimum absolute atomic E-state index is 0.162. The minimum atomic E-state index is -4.40. The van der Waals surface area contributed by atoms with Gasteiger partial charge in [0.25, 0.3) is 5.95 Å². The third-order valence-electron chi connectivity index (χ3n) is 4.29. The molecule has 2 aromatic heterocycles. The molecule has 0 spiro atoms. The lowest BCUT2D eigenvalue weighted by atomic mass is 10.0. The molecule has 0 aliphatic carbocycles. The molecule has 3 aromatic rings. The fourth-order valence-corrected chi connectivity index (χ4v) is 4.23. The van der Waals surface area contributed by atoms with Gasteiger partial charge in [0.15, 0.2) is 0 Å². The van der Waals surface area contributed by atoms with Crippen molar-refractivity contribution in [3.63, 3.8) is 0 Å². The first-order chi connectivity index (χ1) is 13.3. The number of thioether (sulfide) groups is 1. The maximum Gasteiger partial charge on any atom is 0.416 e. The number of halogens is 3. The van der Waals surface area contributed by atoms with E-state index in [1.54, 1.807) is 25.4 Å². The Kier molecular flexibility index (Phi) is 4.58. The maximum absolute atomic E-state index is 12.9. The summed E-state index contributed by atoms with van der Waals surface area (Å²) in [5.74, 6) is 0.668. The van der Waals surface area contributed by atoms with Crippen molar-refractivity contribution in [2.24, 2.45) is 0 Å². The number of benzene rings is 1. The number of alkyl halides is 3. The van der Waals surface area contributed by atoms with Gasteiger partial charge in [-0.05, 0) is 30.7 Å². The van der Waals surface area contributed by atoms with E-state index in [1.807, 2.05) is 0 Å². The maximum atomic E-state index is 12.9. The molecule has 1 amide bonds. The van der Waals surface area contributed by atoms with Gasteiger partial charge in [0, 0.05) is 18.0 Å². The van der Waals surface area contributed by atoms with Gasteiger partial charge in [-0.25, -0.2) is 9.97 Å². The topological polar surface area (TPSA) is 72.7 Å². The Morgan fingerprint density at radius 3 is 2.50 bits per heavy atom. The van der Waals surface area contributed by atoms with Gasteiger partial charge >= 0.3 is 6.18 Å². The van der Waals surface area contributed by atoms with Crippen LogP contribution in [0.15, 0.2) is 42.7 Å². The second-order valence-corrected chi connectivity index (χ2v) is 7.26. The van der Waals surface area contributed by atoms with Gasteiger partial charge in [-0.2, -0.15) is 23.0 Å². The van der Waals surface area contributed by atoms with Crippen molar-refractivity contribution in [3.05, 3.63) is 65.1 Å². The van der Waals surface area contributed by atoms with Gasteiger partial charge in [0.1, 0.15) is 5.82 Å². The van der Waals surface area contributed by atoms with Crippen molar-refractivity contribution in [2.75, 3.05) is 11.1 Å². The number of carbonyl (C=O) groups is 1. The van der Waals surface area contributed by atoms with E-state index < -0.39 is 11.7 Å². The van der Waals surface area contributed by atoms with Crippen molar-refractivity contribution < 1.29 is 18.0 Å². The Morgan fingerprint density at radius 1 is 1.18 bits per heavy atom. The van der Waals surface area contributed by atoms with Crippen LogP contribution >= 0.6 is 11.8 Å². The first-order valence-electron chi connectivity index (χ1n) is 8.30. The Morgan fingerprint density at radius 2 is 1.86 bits per heavy atom. The van der Waals surface area contributed by atoms with E-state index >= 15 is 0 Å². The zero-order valence-electron chi connectivity index (χ0n) is 14.6. The largest absolute Gasteiger partial charge is 0.416 e. The number of amides is 1. The molecule has 0 saturated carbocycles. The summed E-state index contributed by atoms with van der Waals surface area (Å²) in [6, 6.07) is 6.65. The number of hydrogen-bond donors (Lipinski definition) is 1. The molecule has 1 N–H and O–H groups in total. The monoisotopic (exact) mass is 405 g/mol. The molecule has 0 unspecified atom stereocenters. The summed E-state index contributed by atoms with van der Waals surface area (Å²) < 4.78 is 40.1. The van der Waals surface area contributed by atoms with Crippen molar-refractivity contribution in [1.82, 2.24) is 19.7 Å². The fraction of sp³-hybridized carbons (Fsp3) is 0.222. The van der Waals surface area contributed by atoms with E-state index in [9.17, 15) is 18.0 Å². The molecule has 1 aliphatic rings. The van der Waals surface area contributed by atoms with E-state index in [0.29, 0.717) is 23.0 Å². The quantitative estimate of drug-likeness (QED) is 0.703. The Labute approximate surface area is 162 Å². The standard InChI is InChI=1S/C18H14F3N5OS/c1-10-14-15(11-3-5-12(6-4-11)18(19,20)21)28-9-13(27)24-16(14)26(25-10)17-22-7-2-8-23-17/h2-8,15H,9H2,1H3,(H,24,27)/t15-/m1/s1. The summed E-state index contributed by atoms with van der Waals surface area (Å²) in [5, 5.41) is 6.93. The van der Waals surface area contributed by atoms with Gasteiger partial charge in [0.05, 0.1) is 22.3 Å². The zero-order chi connectivity index (χ0) is 19.9. The van der Waals surface area contributed by atoms with Crippen LogP contribution in [0.3, 0.4) is 0 Å². The second-order valence-electron chi connectivity index (χ2n) is 6.17. The number of nitrogens with zero attached hydrogens (tertiary/aromatic N) is 4. The molecule has 1 aliphatic heterocycles. The van der Waals surface area contributed by atoms with Crippen LogP contribution in [0.1, 0.15) is 27.6 Å². The van der Waals surface area contributed by atoms with Crippen molar-refractivity contribution in [3.8, 4) is 5.95 Å². The van der Waals surface area contributed by atoms with Crippen LogP contribution in [0.25, 0.3) is 5.95 Å². The molecule has 144 valence electrons. The fourth-order valence-electron chi connectivity index (χ4n) is 3.04. The molecular formula is C18H14F3N5OS. The normalized spacial score (nSPS) is 17.0. The van der Waals surface area contributed by atoms with E-state index in [4.69, 9.17) is 0 Å². The van der Waals surface area contributed by atoms with Gasteiger partial charge in [-0.1, -0.05) is 12.1 Å². The predicted molar refractivity (Wildman–Crippen MR) is 98.3 cm³/mol. The number of hydrogen-bond acceptors (Lipinski definition) is 5. The van der Waals surface area contributed by atoms with Crippen LogP contribution in [-0.4, -0.2) is 31.4 Å². The third-order valence-corrected chi connectivity index (χ3v) is 5.56. The lowest BCUT2D eigenvalue weighted by molar-refractivity contribution is -0.137. The Balaban J connectivity index is 1.82. The number of aromatic nitrogens is 4. The highest BCUT2D eigenvalue weighted by Gasteiger charge is 2.33. The molecule has 6 nitrogen and oxygen atoms in total. The van der Waals surface area contributed by atoms with Crippen LogP contribution < -0.4 is 5.32 Å². The van der Waals surface area contributed by atoms with Crippen LogP contribution in [0.5, 0.6) is 0 Å². The lowest BCUT2D eigenvalue weighted by Gasteiger charge is -2.16. The summed E-state index contributed by atoms with van der Waals surface area (Å²) in [6.45, 7) is 1.79. The second kappa shape index (κ2) is 6.93. The minimum Gasteiger partial charge on any atom is -0.309 e. The SMILES string of the molecule is Cc1nn(-c2ncccn2)c2c1[C@@H](c1ccc(C(F)(F)F)cc1)SCC(=O)N2. The van der Waals surface area contributed by atoms with E-state index in [0.717, 1.165) is 17.7 Å². The van der Waals surface area contributed by atoms with Crippen molar-refractivity contribution in [1.29, 1.82) is 0 Å². The molecule has 0 saturated heterocycles. The van der Waals surface area contributed by atoms with Crippen LogP contribution in [-0.2, 0) is 11.0 Å². The van der Waals surface area contributed by atoms with Crippen LogP contribution in [0.2, 0.25) is 0 Å². The highest BCUT2D eigenvalue weighted by atomic mass is 32.2. The average molecular weight is 405 g/mol. The highest BCUT2D eigenvalue weighted by molar-refractivity contribution is 8.00. The van der Waals surface area contributed by atoms with E-state index in [1.165, 1.54) is 28.6 Å². The number of carbonyl (C=O) groups excluding carboxylic acids is 1.